The quantitative estimate of drug-likeness (QED) is 0.835. The number of hydrogen-bond acceptors (Lipinski definition) is 3. The topological polar surface area (TPSA) is 29.3 Å². The second kappa shape index (κ2) is 6.26. The van der Waals surface area contributed by atoms with Crippen LogP contribution >= 0.6 is 12.6 Å². The first-order chi connectivity index (χ1) is 9.43. The van der Waals surface area contributed by atoms with Crippen molar-refractivity contribution in [1.29, 1.82) is 0 Å². The number of piperidine rings is 1. The van der Waals surface area contributed by atoms with E-state index in [0.717, 1.165) is 19.3 Å². The molecule has 2 rings (SSSR count). The number of alkyl halides is 3. The van der Waals surface area contributed by atoms with Gasteiger partial charge in [0.05, 0.1) is 5.56 Å². The molecule has 1 unspecified atom stereocenters. The van der Waals surface area contributed by atoms with Gasteiger partial charge in [0.2, 0.25) is 0 Å². The molecule has 0 bridgehead atoms. The van der Waals surface area contributed by atoms with Crippen molar-refractivity contribution >= 4 is 18.3 Å². The van der Waals surface area contributed by atoms with Crippen molar-refractivity contribution in [2.24, 2.45) is 5.73 Å². The molecule has 0 aliphatic carbocycles. The molecule has 1 atom stereocenters. The Bertz CT molecular complexity index is 456. The van der Waals surface area contributed by atoms with Gasteiger partial charge in [-0.15, -0.1) is 0 Å². The SMILES string of the molecule is NC(CS)c1ccc(N2CCCCC2)c(C(F)(F)F)c1. The summed E-state index contributed by atoms with van der Waals surface area (Å²) in [5.41, 5.74) is 5.94. The Balaban J connectivity index is 2.40. The van der Waals surface area contributed by atoms with Gasteiger partial charge in [0.25, 0.3) is 0 Å². The predicted octanol–water partition coefficient (Wildman–Crippen LogP) is 3.63. The largest absolute Gasteiger partial charge is 0.418 e. The Morgan fingerprint density at radius 2 is 1.85 bits per heavy atom. The van der Waals surface area contributed by atoms with E-state index in [1.807, 2.05) is 4.90 Å². The number of nitrogens with two attached hydrogens (primary N) is 1. The number of benzene rings is 1. The third kappa shape index (κ3) is 3.41. The monoisotopic (exact) mass is 304 g/mol. The van der Waals surface area contributed by atoms with Gasteiger partial charge in [-0.05, 0) is 37.0 Å². The highest BCUT2D eigenvalue weighted by atomic mass is 32.1. The molecule has 2 N–H and O–H groups in total. The fourth-order valence-electron chi connectivity index (χ4n) is 2.53. The van der Waals surface area contributed by atoms with Crippen LogP contribution in [-0.4, -0.2) is 18.8 Å². The highest BCUT2D eigenvalue weighted by Gasteiger charge is 2.35. The lowest BCUT2D eigenvalue weighted by Gasteiger charge is -2.31. The minimum atomic E-state index is -4.36. The third-order valence-corrected chi connectivity index (χ3v) is 4.04. The molecule has 0 radical (unpaired) electrons. The summed E-state index contributed by atoms with van der Waals surface area (Å²) < 4.78 is 39.8. The van der Waals surface area contributed by atoms with Crippen LogP contribution in [0.15, 0.2) is 18.2 Å². The van der Waals surface area contributed by atoms with E-state index in [1.165, 1.54) is 6.07 Å². The van der Waals surface area contributed by atoms with E-state index in [2.05, 4.69) is 12.6 Å². The van der Waals surface area contributed by atoms with Crippen LogP contribution in [0, 0.1) is 0 Å². The lowest BCUT2D eigenvalue weighted by atomic mass is 10.0. The number of thiol groups is 1. The number of nitrogens with zero attached hydrogens (tertiary/aromatic N) is 1. The van der Waals surface area contributed by atoms with E-state index in [9.17, 15) is 13.2 Å². The highest BCUT2D eigenvalue weighted by Crippen LogP contribution is 2.38. The van der Waals surface area contributed by atoms with Crippen molar-refractivity contribution in [1.82, 2.24) is 0 Å². The molecule has 6 heteroatoms. The summed E-state index contributed by atoms with van der Waals surface area (Å²) in [7, 11) is 0. The van der Waals surface area contributed by atoms with Crippen molar-refractivity contribution in [2.75, 3.05) is 23.7 Å². The number of halogens is 3. The average Bonchev–Trinajstić information content (AvgIpc) is 2.46. The summed E-state index contributed by atoms with van der Waals surface area (Å²) in [5.74, 6) is 0.320. The first-order valence-corrected chi connectivity index (χ1v) is 7.39. The second-order valence-corrected chi connectivity index (χ2v) is 5.48. The summed E-state index contributed by atoms with van der Waals surface area (Å²) >= 11 is 4.04. The zero-order chi connectivity index (χ0) is 14.8. The first-order valence-electron chi connectivity index (χ1n) is 6.76. The minimum absolute atomic E-state index is 0.271. The van der Waals surface area contributed by atoms with E-state index >= 15 is 0 Å². The summed E-state index contributed by atoms with van der Waals surface area (Å²) in [4.78, 5) is 1.82. The molecule has 1 aromatic carbocycles. The Morgan fingerprint density at radius 3 is 2.40 bits per heavy atom. The summed E-state index contributed by atoms with van der Waals surface area (Å²) in [6.07, 6.45) is -1.40. The van der Waals surface area contributed by atoms with Crippen LogP contribution in [0.3, 0.4) is 0 Å². The molecule has 0 amide bonds. The lowest BCUT2D eigenvalue weighted by molar-refractivity contribution is -0.137. The zero-order valence-corrected chi connectivity index (χ0v) is 12.1. The second-order valence-electron chi connectivity index (χ2n) is 5.11. The summed E-state index contributed by atoms with van der Waals surface area (Å²) in [6, 6.07) is 3.92. The summed E-state index contributed by atoms with van der Waals surface area (Å²) in [5, 5.41) is 0. The fourth-order valence-corrected chi connectivity index (χ4v) is 2.74. The Labute approximate surface area is 122 Å². The molecule has 1 heterocycles. The molecule has 1 aromatic rings. The predicted molar refractivity (Wildman–Crippen MR) is 78.3 cm³/mol. The van der Waals surface area contributed by atoms with Crippen LogP contribution in [0.1, 0.15) is 36.4 Å². The maximum atomic E-state index is 13.3. The molecule has 112 valence electrons. The maximum absolute atomic E-state index is 13.3. The number of hydrogen-bond donors (Lipinski definition) is 2. The van der Waals surface area contributed by atoms with E-state index in [-0.39, 0.29) is 5.69 Å². The Morgan fingerprint density at radius 1 is 1.20 bits per heavy atom. The van der Waals surface area contributed by atoms with Gasteiger partial charge in [-0.2, -0.15) is 25.8 Å². The molecular formula is C14H19F3N2S. The molecule has 1 saturated heterocycles. The van der Waals surface area contributed by atoms with Crippen molar-refractivity contribution in [3.8, 4) is 0 Å². The smallest absolute Gasteiger partial charge is 0.371 e. The highest BCUT2D eigenvalue weighted by molar-refractivity contribution is 7.80. The van der Waals surface area contributed by atoms with Gasteiger partial charge < -0.3 is 10.6 Å². The molecule has 20 heavy (non-hydrogen) atoms. The van der Waals surface area contributed by atoms with Crippen LogP contribution in [0.25, 0.3) is 0 Å². The molecule has 0 spiro atoms. The molecule has 1 fully saturated rings. The normalized spacial score (nSPS) is 18.1. The minimum Gasteiger partial charge on any atom is -0.371 e. The molecule has 0 aromatic heterocycles. The maximum Gasteiger partial charge on any atom is 0.418 e. The number of rotatable bonds is 3. The van der Waals surface area contributed by atoms with Gasteiger partial charge in [-0.3, -0.25) is 0 Å². The number of anilines is 1. The van der Waals surface area contributed by atoms with Crippen LogP contribution in [-0.2, 0) is 6.18 Å². The van der Waals surface area contributed by atoms with E-state index in [4.69, 9.17) is 5.73 Å². The van der Waals surface area contributed by atoms with E-state index in [0.29, 0.717) is 24.4 Å². The molecule has 1 aliphatic heterocycles. The summed E-state index contributed by atoms with van der Waals surface area (Å²) in [6.45, 7) is 1.36. The lowest BCUT2D eigenvalue weighted by Crippen LogP contribution is -2.31. The Kier molecular flexibility index (Phi) is 4.86. The molecule has 0 saturated carbocycles. The van der Waals surface area contributed by atoms with E-state index < -0.39 is 17.8 Å². The van der Waals surface area contributed by atoms with Crippen molar-refractivity contribution < 1.29 is 13.2 Å². The van der Waals surface area contributed by atoms with Gasteiger partial charge in [-0.1, -0.05) is 6.07 Å². The van der Waals surface area contributed by atoms with Crippen LogP contribution in [0.2, 0.25) is 0 Å². The van der Waals surface area contributed by atoms with Gasteiger partial charge in [-0.25, -0.2) is 0 Å². The van der Waals surface area contributed by atoms with Crippen molar-refractivity contribution in [2.45, 2.75) is 31.5 Å². The van der Waals surface area contributed by atoms with Crippen LogP contribution in [0.4, 0.5) is 18.9 Å². The average molecular weight is 304 g/mol. The van der Waals surface area contributed by atoms with Crippen molar-refractivity contribution in [3.63, 3.8) is 0 Å². The van der Waals surface area contributed by atoms with Gasteiger partial charge in [0.15, 0.2) is 0 Å². The third-order valence-electron chi connectivity index (χ3n) is 3.65. The van der Waals surface area contributed by atoms with E-state index in [1.54, 1.807) is 12.1 Å². The molecular weight excluding hydrogens is 285 g/mol. The van der Waals surface area contributed by atoms with Gasteiger partial charge in [0, 0.05) is 30.6 Å². The first kappa shape index (κ1) is 15.5. The Hall–Kier alpha value is -0.880. The standard InChI is InChI=1S/C14H19F3N2S/c15-14(16,17)11-8-10(12(18)9-20)4-5-13(11)19-6-2-1-3-7-19/h4-5,8,12,20H,1-3,6-7,9,18H2. The van der Waals surface area contributed by atoms with Crippen LogP contribution in [0.5, 0.6) is 0 Å². The fraction of sp³-hybridized carbons (Fsp3) is 0.571. The zero-order valence-electron chi connectivity index (χ0n) is 11.2. The van der Waals surface area contributed by atoms with Gasteiger partial charge >= 0.3 is 6.18 Å². The molecule has 1 aliphatic rings. The molecule has 2 nitrogen and oxygen atoms in total. The van der Waals surface area contributed by atoms with Crippen LogP contribution < -0.4 is 10.6 Å². The van der Waals surface area contributed by atoms with Crippen molar-refractivity contribution in [3.05, 3.63) is 29.3 Å². The van der Waals surface area contributed by atoms with Gasteiger partial charge in [0.1, 0.15) is 0 Å².